The maximum Gasteiger partial charge on any atom is 0.257 e. The Morgan fingerprint density at radius 1 is 1.30 bits per heavy atom. The van der Waals surface area contributed by atoms with Gasteiger partial charge in [-0.25, -0.2) is 0 Å². The maximum atomic E-state index is 12.5. The number of rotatable bonds is 8. The van der Waals surface area contributed by atoms with Crippen molar-refractivity contribution in [1.29, 1.82) is 0 Å². The van der Waals surface area contributed by atoms with Crippen LogP contribution in [0.15, 0.2) is 28.9 Å². The molecule has 0 saturated carbocycles. The molecule has 124 valence electrons. The van der Waals surface area contributed by atoms with Crippen molar-refractivity contribution in [1.82, 2.24) is 20.4 Å². The Kier molecular flexibility index (Phi) is 6.29. The molecular weight excluding hydrogens is 292 g/mol. The summed E-state index contributed by atoms with van der Waals surface area (Å²) in [5.74, 6) is 0.343. The van der Waals surface area contributed by atoms with Gasteiger partial charge in [0.25, 0.3) is 5.91 Å². The molecule has 2 aromatic heterocycles. The molecule has 1 N–H and O–H groups in total. The van der Waals surface area contributed by atoms with Crippen molar-refractivity contribution in [3.05, 3.63) is 35.7 Å². The van der Waals surface area contributed by atoms with Crippen LogP contribution in [0.25, 0.3) is 11.4 Å². The van der Waals surface area contributed by atoms with Crippen molar-refractivity contribution in [3.63, 3.8) is 0 Å². The van der Waals surface area contributed by atoms with E-state index in [0.717, 1.165) is 26.1 Å². The van der Waals surface area contributed by atoms with E-state index < -0.39 is 0 Å². The molecule has 23 heavy (non-hydrogen) atoms. The monoisotopic (exact) mass is 316 g/mol. The number of aryl methyl sites for hydroxylation is 1. The Morgan fingerprint density at radius 3 is 2.74 bits per heavy atom. The molecule has 0 aliphatic heterocycles. The summed E-state index contributed by atoms with van der Waals surface area (Å²) < 4.78 is 5.19. The Bertz CT molecular complexity index is 621. The molecule has 0 aliphatic carbocycles. The maximum absolute atomic E-state index is 12.5. The Balaban J connectivity index is 1.99. The molecule has 0 unspecified atom stereocenters. The van der Waals surface area contributed by atoms with Gasteiger partial charge in [0, 0.05) is 12.7 Å². The van der Waals surface area contributed by atoms with Crippen LogP contribution in [0.2, 0.25) is 0 Å². The van der Waals surface area contributed by atoms with Gasteiger partial charge in [-0.15, -0.1) is 0 Å². The highest BCUT2D eigenvalue weighted by Gasteiger charge is 2.21. The minimum absolute atomic E-state index is 0.163. The zero-order valence-corrected chi connectivity index (χ0v) is 14.0. The van der Waals surface area contributed by atoms with E-state index in [9.17, 15) is 4.79 Å². The summed E-state index contributed by atoms with van der Waals surface area (Å²) in [4.78, 5) is 19.0. The first kappa shape index (κ1) is 17.1. The van der Waals surface area contributed by atoms with Crippen molar-refractivity contribution in [3.8, 4) is 11.4 Å². The van der Waals surface area contributed by atoms with Crippen molar-refractivity contribution in [2.24, 2.45) is 0 Å². The van der Waals surface area contributed by atoms with E-state index in [1.54, 1.807) is 13.1 Å². The third kappa shape index (κ3) is 4.39. The van der Waals surface area contributed by atoms with Gasteiger partial charge in [0.15, 0.2) is 0 Å². The predicted molar refractivity (Wildman–Crippen MR) is 89.2 cm³/mol. The predicted octanol–water partition coefficient (Wildman–Crippen LogP) is 2.51. The minimum Gasteiger partial charge on any atom is -0.360 e. The van der Waals surface area contributed by atoms with Crippen LogP contribution < -0.4 is 5.32 Å². The van der Waals surface area contributed by atoms with Gasteiger partial charge in [0.2, 0.25) is 0 Å². The molecule has 0 aromatic carbocycles. The molecule has 2 heterocycles. The minimum atomic E-state index is -0.163. The number of carbonyl (C=O) groups is 1. The van der Waals surface area contributed by atoms with Crippen LogP contribution in [0, 0.1) is 6.92 Å². The number of aromatic nitrogens is 2. The number of nitrogens with zero attached hydrogens (tertiary/aromatic N) is 3. The number of hydrogen-bond donors (Lipinski definition) is 1. The van der Waals surface area contributed by atoms with Crippen LogP contribution in [-0.4, -0.2) is 47.1 Å². The van der Waals surface area contributed by atoms with E-state index >= 15 is 0 Å². The molecule has 2 rings (SSSR count). The van der Waals surface area contributed by atoms with E-state index in [2.05, 4.69) is 34.2 Å². The average molecular weight is 316 g/mol. The molecular formula is C17H24N4O2. The summed E-state index contributed by atoms with van der Waals surface area (Å²) in [6, 6.07) is 5.50. The Morgan fingerprint density at radius 2 is 2.09 bits per heavy atom. The molecule has 0 spiro atoms. The van der Waals surface area contributed by atoms with Gasteiger partial charge in [-0.2, -0.15) is 0 Å². The van der Waals surface area contributed by atoms with Crippen molar-refractivity contribution in [2.45, 2.75) is 27.2 Å². The smallest absolute Gasteiger partial charge is 0.257 e. The fourth-order valence-corrected chi connectivity index (χ4v) is 2.45. The number of pyridine rings is 1. The highest BCUT2D eigenvalue weighted by atomic mass is 16.5. The van der Waals surface area contributed by atoms with E-state index in [4.69, 9.17) is 4.52 Å². The first-order valence-corrected chi connectivity index (χ1v) is 8.05. The molecule has 2 aromatic rings. The van der Waals surface area contributed by atoms with Crippen LogP contribution in [0.1, 0.15) is 36.4 Å². The van der Waals surface area contributed by atoms with Crippen LogP contribution >= 0.6 is 0 Å². The lowest BCUT2D eigenvalue weighted by Gasteiger charge is -2.17. The Hall–Kier alpha value is -2.21. The molecule has 0 atom stereocenters. The largest absolute Gasteiger partial charge is 0.360 e. The topological polar surface area (TPSA) is 71.3 Å². The SMILES string of the molecule is CCN(CC)CCCNC(=O)c1c(-c2ccccn2)noc1C. The molecule has 0 fully saturated rings. The van der Waals surface area contributed by atoms with Crippen molar-refractivity contribution < 1.29 is 9.32 Å². The number of amides is 1. The fraction of sp³-hybridized carbons (Fsp3) is 0.471. The Labute approximate surface area is 136 Å². The molecule has 0 radical (unpaired) electrons. The third-order valence-corrected chi connectivity index (χ3v) is 3.83. The second kappa shape index (κ2) is 8.43. The summed E-state index contributed by atoms with van der Waals surface area (Å²) in [6.07, 6.45) is 2.59. The summed E-state index contributed by atoms with van der Waals surface area (Å²) in [5.41, 5.74) is 1.59. The van der Waals surface area contributed by atoms with Crippen molar-refractivity contribution >= 4 is 5.91 Å². The second-order valence-corrected chi connectivity index (χ2v) is 5.31. The van der Waals surface area contributed by atoms with E-state index in [0.29, 0.717) is 29.3 Å². The highest BCUT2D eigenvalue weighted by Crippen LogP contribution is 2.23. The summed E-state index contributed by atoms with van der Waals surface area (Å²) >= 11 is 0. The van der Waals surface area contributed by atoms with Gasteiger partial charge >= 0.3 is 0 Å². The van der Waals surface area contributed by atoms with Crippen LogP contribution in [0.4, 0.5) is 0 Å². The third-order valence-electron chi connectivity index (χ3n) is 3.83. The van der Waals surface area contributed by atoms with Gasteiger partial charge < -0.3 is 14.7 Å². The molecule has 1 amide bonds. The molecule has 0 saturated heterocycles. The highest BCUT2D eigenvalue weighted by molar-refractivity contribution is 6.00. The van der Waals surface area contributed by atoms with E-state index in [-0.39, 0.29) is 5.91 Å². The zero-order valence-electron chi connectivity index (χ0n) is 14.0. The summed E-state index contributed by atoms with van der Waals surface area (Å²) in [6.45, 7) is 9.68. The van der Waals surface area contributed by atoms with Gasteiger partial charge in [0.05, 0.1) is 5.69 Å². The lowest BCUT2D eigenvalue weighted by atomic mass is 10.1. The normalized spacial score (nSPS) is 11.0. The lowest BCUT2D eigenvalue weighted by Crippen LogP contribution is -2.30. The zero-order chi connectivity index (χ0) is 16.7. The average Bonchev–Trinajstić information content (AvgIpc) is 2.97. The first-order valence-electron chi connectivity index (χ1n) is 8.05. The molecule has 0 bridgehead atoms. The quantitative estimate of drug-likeness (QED) is 0.758. The lowest BCUT2D eigenvalue weighted by molar-refractivity contribution is 0.0951. The van der Waals surface area contributed by atoms with Crippen LogP contribution in [0.3, 0.4) is 0 Å². The van der Waals surface area contributed by atoms with E-state index in [1.165, 1.54) is 0 Å². The van der Waals surface area contributed by atoms with Crippen molar-refractivity contribution in [2.75, 3.05) is 26.2 Å². The van der Waals surface area contributed by atoms with Gasteiger partial charge in [-0.1, -0.05) is 25.1 Å². The summed E-state index contributed by atoms with van der Waals surface area (Å²) in [5, 5.41) is 6.93. The van der Waals surface area contributed by atoms with Gasteiger partial charge in [-0.3, -0.25) is 9.78 Å². The number of carbonyl (C=O) groups excluding carboxylic acids is 1. The van der Waals surface area contributed by atoms with Crippen LogP contribution in [0.5, 0.6) is 0 Å². The molecule has 6 heteroatoms. The second-order valence-electron chi connectivity index (χ2n) is 5.31. The first-order chi connectivity index (χ1) is 11.2. The van der Waals surface area contributed by atoms with Crippen LogP contribution in [-0.2, 0) is 0 Å². The fourth-order valence-electron chi connectivity index (χ4n) is 2.45. The number of hydrogen-bond acceptors (Lipinski definition) is 5. The molecule has 0 aliphatic rings. The molecule has 6 nitrogen and oxygen atoms in total. The van der Waals surface area contributed by atoms with E-state index in [1.807, 2.05) is 18.2 Å². The number of nitrogens with one attached hydrogen (secondary N) is 1. The van der Waals surface area contributed by atoms with Gasteiger partial charge in [0.1, 0.15) is 17.0 Å². The van der Waals surface area contributed by atoms with Gasteiger partial charge in [-0.05, 0) is 45.1 Å². The standard InChI is InChI=1S/C17H24N4O2/c1-4-21(5-2)12-8-11-19-17(22)15-13(3)23-20-16(15)14-9-6-7-10-18-14/h6-7,9-10H,4-5,8,11-12H2,1-3H3,(H,19,22). The summed E-state index contributed by atoms with van der Waals surface area (Å²) in [7, 11) is 0.